The Kier molecular flexibility index (Phi) is 11.6. The van der Waals surface area contributed by atoms with Crippen molar-refractivity contribution in [2.45, 2.75) is 84.7 Å². The van der Waals surface area contributed by atoms with Crippen LogP contribution in [-0.2, 0) is 28.5 Å². The highest BCUT2D eigenvalue weighted by Crippen LogP contribution is 2.33. The third kappa shape index (κ3) is 10.6. The summed E-state index contributed by atoms with van der Waals surface area (Å²) in [5.41, 5.74) is 0.256. The van der Waals surface area contributed by atoms with E-state index < -0.39 is 31.3 Å². The Hall–Kier alpha value is -2.40. The maximum Gasteiger partial charge on any atom is 0.342 e. The maximum atomic E-state index is 13.2. The number of benzene rings is 1. The highest BCUT2D eigenvalue weighted by molar-refractivity contribution is 6.76. The quantitative estimate of drug-likeness (QED) is 0.169. The Morgan fingerprint density at radius 1 is 1.05 bits per heavy atom. The highest BCUT2D eigenvalue weighted by atomic mass is 28.3. The summed E-state index contributed by atoms with van der Waals surface area (Å²) >= 11 is 0. The Bertz CT molecular complexity index is 1010. The van der Waals surface area contributed by atoms with E-state index in [1.807, 2.05) is 26.0 Å². The molecule has 0 saturated carbocycles. The minimum absolute atomic E-state index is 0.0389. The van der Waals surface area contributed by atoms with Gasteiger partial charge >= 0.3 is 11.9 Å². The van der Waals surface area contributed by atoms with Gasteiger partial charge in [0.15, 0.2) is 12.6 Å². The number of esters is 2. The van der Waals surface area contributed by atoms with Gasteiger partial charge in [0.2, 0.25) is 0 Å². The average molecular weight is 567 g/mol. The maximum absolute atomic E-state index is 13.2. The van der Waals surface area contributed by atoms with Crippen molar-refractivity contribution in [1.82, 2.24) is 0 Å². The van der Waals surface area contributed by atoms with E-state index in [9.17, 15) is 9.59 Å². The van der Waals surface area contributed by atoms with Crippen molar-refractivity contribution in [1.29, 1.82) is 0 Å². The van der Waals surface area contributed by atoms with Crippen LogP contribution in [0.3, 0.4) is 0 Å². The summed E-state index contributed by atoms with van der Waals surface area (Å²) in [5.74, 6) is -0.771. The molecule has 39 heavy (non-hydrogen) atoms. The van der Waals surface area contributed by atoms with Gasteiger partial charge in [0, 0.05) is 21.3 Å². The van der Waals surface area contributed by atoms with Crippen LogP contribution in [0, 0.1) is 5.41 Å². The minimum atomic E-state index is -1.39. The molecule has 1 heterocycles. The molecule has 0 bridgehead atoms. The first-order valence-corrected chi connectivity index (χ1v) is 17.0. The van der Waals surface area contributed by atoms with Crippen molar-refractivity contribution < 1.29 is 42.7 Å². The zero-order valence-corrected chi connectivity index (χ0v) is 26.2. The van der Waals surface area contributed by atoms with Crippen LogP contribution < -0.4 is 9.47 Å². The molecule has 1 aromatic rings. The molecule has 9 nitrogen and oxygen atoms in total. The molecule has 1 aliphatic heterocycles. The third-order valence-corrected chi connectivity index (χ3v) is 7.61. The predicted octanol–water partition coefficient (Wildman–Crippen LogP) is 5.69. The predicted molar refractivity (Wildman–Crippen MR) is 152 cm³/mol. The van der Waals surface area contributed by atoms with E-state index in [2.05, 4.69) is 19.6 Å². The smallest absolute Gasteiger partial charge is 0.342 e. The van der Waals surface area contributed by atoms with Gasteiger partial charge in [0.25, 0.3) is 0 Å². The van der Waals surface area contributed by atoms with E-state index >= 15 is 0 Å². The topological polar surface area (TPSA) is 98.8 Å². The van der Waals surface area contributed by atoms with Gasteiger partial charge in [0.05, 0.1) is 25.2 Å². The second kappa shape index (κ2) is 13.8. The number of hydrogen-bond acceptors (Lipinski definition) is 9. The zero-order chi connectivity index (χ0) is 29.4. The Morgan fingerprint density at radius 3 is 2.31 bits per heavy atom. The summed E-state index contributed by atoms with van der Waals surface area (Å²) in [6, 6.07) is 4.25. The number of hydrogen-bond donors (Lipinski definition) is 0. The van der Waals surface area contributed by atoms with Crippen LogP contribution in [0.1, 0.15) is 57.0 Å². The van der Waals surface area contributed by atoms with E-state index in [1.165, 1.54) is 7.11 Å². The summed E-state index contributed by atoms with van der Waals surface area (Å²) in [6.45, 7) is 16.1. The fourth-order valence-corrected chi connectivity index (χ4v) is 4.50. The van der Waals surface area contributed by atoms with Crippen LogP contribution in [0.5, 0.6) is 11.5 Å². The molecule has 0 radical (unpaired) electrons. The van der Waals surface area contributed by atoms with Crippen molar-refractivity contribution in [2.75, 3.05) is 34.2 Å². The molecular formula is C29H46O9Si. The molecule has 2 rings (SSSR count). The van der Waals surface area contributed by atoms with E-state index in [4.69, 9.17) is 33.2 Å². The van der Waals surface area contributed by atoms with Crippen LogP contribution >= 0.6 is 0 Å². The molecule has 1 aromatic carbocycles. The number of carbonyl (C=O) groups is 2. The fourth-order valence-electron chi connectivity index (χ4n) is 3.79. The number of carbonyl (C=O) groups excluding carboxylic acids is 2. The lowest BCUT2D eigenvalue weighted by molar-refractivity contribution is -0.165. The van der Waals surface area contributed by atoms with Crippen molar-refractivity contribution in [2.24, 2.45) is 5.41 Å². The molecule has 1 fully saturated rings. The monoisotopic (exact) mass is 566 g/mol. The minimum Gasteiger partial charge on any atom is -0.497 e. The largest absolute Gasteiger partial charge is 0.497 e. The lowest BCUT2D eigenvalue weighted by atomic mass is 9.97. The molecule has 220 valence electrons. The first-order valence-electron chi connectivity index (χ1n) is 13.3. The summed E-state index contributed by atoms with van der Waals surface area (Å²) < 4.78 is 39.5. The van der Waals surface area contributed by atoms with Crippen LogP contribution in [0.4, 0.5) is 0 Å². The van der Waals surface area contributed by atoms with Gasteiger partial charge < -0.3 is 33.2 Å². The van der Waals surface area contributed by atoms with Crippen LogP contribution in [0.25, 0.3) is 6.08 Å². The molecule has 0 aromatic heterocycles. The molecule has 0 amide bonds. The standard InChI is InChI=1S/C29H46O9Si/c1-28(2,3)27(31)35-18-24-22(37-29(4,5)38-24)13-11-12-20-16-21(33-7)17-23(36-19-32-6)25(20)26(30)34-14-15-39(8,9)10/h11-12,16-17,22,24H,13-15,18-19H2,1-10H3/b12-11+. The zero-order valence-electron chi connectivity index (χ0n) is 25.2. The molecule has 0 aliphatic carbocycles. The number of ether oxygens (including phenoxy) is 7. The van der Waals surface area contributed by atoms with Gasteiger partial charge in [-0.25, -0.2) is 4.79 Å². The first kappa shape index (κ1) is 32.8. The van der Waals surface area contributed by atoms with E-state index in [-0.39, 0.29) is 25.5 Å². The summed E-state index contributed by atoms with van der Waals surface area (Å²) in [5, 5.41) is 0. The van der Waals surface area contributed by atoms with Crippen molar-refractivity contribution in [3.05, 3.63) is 29.3 Å². The van der Waals surface area contributed by atoms with Gasteiger partial charge in [-0.1, -0.05) is 31.8 Å². The van der Waals surface area contributed by atoms with E-state index in [0.717, 1.165) is 6.04 Å². The van der Waals surface area contributed by atoms with Gasteiger partial charge in [-0.15, -0.1) is 0 Å². The van der Waals surface area contributed by atoms with Crippen LogP contribution in [0.15, 0.2) is 18.2 Å². The second-order valence-corrected chi connectivity index (χ2v) is 17.9. The Morgan fingerprint density at radius 2 is 1.72 bits per heavy atom. The average Bonchev–Trinajstić information content (AvgIpc) is 3.12. The van der Waals surface area contributed by atoms with Crippen LogP contribution in [0.2, 0.25) is 25.7 Å². The normalized spacial score (nSPS) is 19.2. The number of rotatable bonds is 13. The summed E-state index contributed by atoms with van der Waals surface area (Å²) in [4.78, 5) is 25.5. The Labute approximate surface area is 234 Å². The lowest BCUT2D eigenvalue weighted by Gasteiger charge is -2.20. The lowest BCUT2D eigenvalue weighted by Crippen LogP contribution is -2.32. The molecule has 10 heteroatoms. The molecule has 2 unspecified atom stereocenters. The summed E-state index contributed by atoms with van der Waals surface area (Å²) in [7, 11) is 1.67. The van der Waals surface area contributed by atoms with Crippen LogP contribution in [-0.4, -0.2) is 72.2 Å². The van der Waals surface area contributed by atoms with Crippen molar-refractivity contribution in [3.8, 4) is 11.5 Å². The SMILES string of the molecule is COCOc1cc(OC)cc(/C=C/CC2OC(C)(C)OC2COC(=O)C(C)(C)C)c1C(=O)OCC[Si](C)(C)C. The van der Waals surface area contributed by atoms with Crippen molar-refractivity contribution >= 4 is 26.1 Å². The van der Waals surface area contributed by atoms with Gasteiger partial charge in [0.1, 0.15) is 29.8 Å². The summed E-state index contributed by atoms with van der Waals surface area (Å²) in [6.07, 6.45) is 3.36. The van der Waals surface area contributed by atoms with Crippen molar-refractivity contribution in [3.63, 3.8) is 0 Å². The first-order chi connectivity index (χ1) is 18.1. The van der Waals surface area contributed by atoms with E-state index in [0.29, 0.717) is 35.7 Å². The Balaban J connectivity index is 2.28. The third-order valence-electron chi connectivity index (χ3n) is 5.91. The fraction of sp³-hybridized carbons (Fsp3) is 0.655. The molecule has 0 N–H and O–H groups in total. The highest BCUT2D eigenvalue weighted by Gasteiger charge is 2.41. The second-order valence-electron chi connectivity index (χ2n) is 12.3. The van der Waals surface area contributed by atoms with Gasteiger partial charge in [-0.3, -0.25) is 4.79 Å². The molecular weight excluding hydrogens is 520 g/mol. The molecule has 2 atom stereocenters. The van der Waals surface area contributed by atoms with Gasteiger partial charge in [-0.2, -0.15) is 0 Å². The number of methoxy groups -OCH3 is 2. The molecule has 1 aliphatic rings. The van der Waals surface area contributed by atoms with E-state index in [1.54, 1.807) is 40.0 Å². The molecule has 1 saturated heterocycles. The van der Waals surface area contributed by atoms with Gasteiger partial charge in [-0.05, 0) is 58.7 Å². The molecule has 0 spiro atoms.